The fourth-order valence-corrected chi connectivity index (χ4v) is 4.97. The van der Waals surface area contributed by atoms with E-state index < -0.39 is 0 Å². The van der Waals surface area contributed by atoms with Crippen LogP contribution in [-0.2, 0) is 0 Å². The van der Waals surface area contributed by atoms with E-state index in [1.54, 1.807) is 6.20 Å². The van der Waals surface area contributed by atoms with Gasteiger partial charge in [0.05, 0.1) is 11.0 Å². The molecule has 0 spiro atoms. The number of imidazole rings is 1. The predicted octanol–water partition coefficient (Wildman–Crippen LogP) is 4.76. The van der Waals surface area contributed by atoms with Crippen molar-refractivity contribution in [2.24, 2.45) is 5.92 Å². The molecule has 3 fully saturated rings. The molecule has 3 aliphatic heterocycles. The Morgan fingerprint density at radius 1 is 1.04 bits per heavy atom. The van der Waals surface area contributed by atoms with Crippen molar-refractivity contribution in [3.8, 4) is 11.4 Å². The molecule has 6 heterocycles. The number of piperidine rings is 3. The molecule has 3 saturated heterocycles. The van der Waals surface area contributed by atoms with Crippen molar-refractivity contribution in [3.63, 3.8) is 0 Å². The summed E-state index contributed by atoms with van der Waals surface area (Å²) < 4.78 is 0. The van der Waals surface area contributed by atoms with Crippen LogP contribution in [0.4, 0.5) is 0 Å². The summed E-state index contributed by atoms with van der Waals surface area (Å²) >= 11 is 0. The van der Waals surface area contributed by atoms with Gasteiger partial charge in [0.25, 0.3) is 0 Å². The maximum atomic E-state index is 4.97. The Morgan fingerprint density at radius 2 is 1.86 bits per heavy atom. The Hall–Kier alpha value is -2.08. The molecule has 2 bridgehead atoms. The van der Waals surface area contributed by atoms with E-state index in [4.69, 9.17) is 4.98 Å². The quantitative estimate of drug-likeness (QED) is 0.495. The zero-order chi connectivity index (χ0) is 17.1. The van der Waals surface area contributed by atoms with Gasteiger partial charge in [-0.15, -0.1) is 24.8 Å². The van der Waals surface area contributed by atoms with E-state index in [0.29, 0.717) is 5.92 Å². The standard InChI is InChI=1S/C21H21N5.2ClH/c1-2-14(10-22-7-1)21-24-18-4-3-17-19(20(18)25-21)15(11-23-17)16-12-26-8-5-13(16)6-9-26;;/h1-4,7,10-11,13,16,23H,5-6,8-9,12H2,(H,24,25);2*1H. The summed E-state index contributed by atoms with van der Waals surface area (Å²) in [6, 6.07) is 8.30. The summed E-state index contributed by atoms with van der Waals surface area (Å²) in [4.78, 5) is 18.8. The minimum absolute atomic E-state index is 0. The molecule has 146 valence electrons. The van der Waals surface area contributed by atoms with Gasteiger partial charge in [0.15, 0.2) is 0 Å². The molecule has 7 heteroatoms. The van der Waals surface area contributed by atoms with Crippen LogP contribution < -0.4 is 0 Å². The predicted molar refractivity (Wildman–Crippen MR) is 118 cm³/mol. The maximum absolute atomic E-state index is 4.97. The number of nitrogens with one attached hydrogen (secondary N) is 2. The number of halogens is 2. The highest BCUT2D eigenvalue weighted by molar-refractivity contribution is 6.06. The van der Waals surface area contributed by atoms with Gasteiger partial charge in [0, 0.05) is 47.5 Å². The first-order valence-electron chi connectivity index (χ1n) is 9.49. The number of H-pyrrole nitrogens is 2. The van der Waals surface area contributed by atoms with Gasteiger partial charge in [-0.25, -0.2) is 4.98 Å². The van der Waals surface area contributed by atoms with Gasteiger partial charge in [-0.05, 0) is 61.7 Å². The molecular formula is C21H23Cl2N5. The Kier molecular flexibility index (Phi) is 5.08. The van der Waals surface area contributed by atoms with Crippen LogP contribution in [0.25, 0.3) is 33.3 Å². The monoisotopic (exact) mass is 415 g/mol. The third-order valence-corrected chi connectivity index (χ3v) is 6.32. The lowest BCUT2D eigenvalue weighted by Gasteiger charge is -2.44. The van der Waals surface area contributed by atoms with Crippen LogP contribution in [0, 0.1) is 5.92 Å². The third-order valence-electron chi connectivity index (χ3n) is 6.32. The van der Waals surface area contributed by atoms with Crippen molar-refractivity contribution in [1.82, 2.24) is 24.8 Å². The SMILES string of the molecule is Cl.Cl.c1cncc(-c2nc3c(ccc4[nH]cc(C5CN6CCC5CC6)c43)[nH]2)c1. The molecular weight excluding hydrogens is 393 g/mol. The number of rotatable bonds is 2. The largest absolute Gasteiger partial charge is 0.361 e. The van der Waals surface area contributed by atoms with E-state index in [1.165, 1.54) is 48.9 Å². The average molecular weight is 416 g/mol. The van der Waals surface area contributed by atoms with Crippen molar-refractivity contribution in [2.45, 2.75) is 18.8 Å². The topological polar surface area (TPSA) is 60.6 Å². The second-order valence-corrected chi connectivity index (χ2v) is 7.70. The van der Waals surface area contributed by atoms with E-state index in [-0.39, 0.29) is 24.8 Å². The van der Waals surface area contributed by atoms with Gasteiger partial charge in [0.1, 0.15) is 5.82 Å². The minimum Gasteiger partial charge on any atom is -0.361 e. The molecule has 28 heavy (non-hydrogen) atoms. The second-order valence-electron chi connectivity index (χ2n) is 7.70. The Morgan fingerprint density at radius 3 is 2.57 bits per heavy atom. The maximum Gasteiger partial charge on any atom is 0.140 e. The number of aromatic nitrogens is 4. The first-order chi connectivity index (χ1) is 12.9. The second kappa shape index (κ2) is 7.39. The molecule has 0 aliphatic carbocycles. The minimum atomic E-state index is 0. The van der Waals surface area contributed by atoms with Gasteiger partial charge in [-0.3, -0.25) is 4.98 Å². The summed E-state index contributed by atoms with van der Waals surface area (Å²) in [5.41, 5.74) is 5.83. The fourth-order valence-electron chi connectivity index (χ4n) is 4.97. The summed E-state index contributed by atoms with van der Waals surface area (Å²) in [5.74, 6) is 2.32. The lowest BCUT2D eigenvalue weighted by atomic mass is 9.75. The Bertz CT molecular complexity index is 1100. The summed E-state index contributed by atoms with van der Waals surface area (Å²) in [6.07, 6.45) is 8.54. The molecule has 0 radical (unpaired) electrons. The van der Waals surface area contributed by atoms with Crippen LogP contribution in [0.2, 0.25) is 0 Å². The number of hydrogen-bond acceptors (Lipinski definition) is 3. The van der Waals surface area contributed by atoms with Crippen molar-refractivity contribution in [1.29, 1.82) is 0 Å². The van der Waals surface area contributed by atoms with Crippen LogP contribution in [0.1, 0.15) is 24.3 Å². The number of benzene rings is 1. The molecule has 3 aliphatic rings. The molecule has 3 aromatic heterocycles. The van der Waals surface area contributed by atoms with Crippen molar-refractivity contribution in [2.75, 3.05) is 19.6 Å². The molecule has 1 atom stereocenters. The van der Waals surface area contributed by atoms with Crippen LogP contribution >= 0.6 is 24.8 Å². The normalized spacial score (nSPS) is 23.5. The first kappa shape index (κ1) is 19.2. The lowest BCUT2D eigenvalue weighted by Crippen LogP contribution is -2.46. The smallest absolute Gasteiger partial charge is 0.140 e. The number of nitrogens with zero attached hydrogens (tertiary/aromatic N) is 3. The summed E-state index contributed by atoms with van der Waals surface area (Å²) in [6.45, 7) is 3.73. The van der Waals surface area contributed by atoms with E-state index >= 15 is 0 Å². The van der Waals surface area contributed by atoms with Gasteiger partial charge >= 0.3 is 0 Å². The molecule has 0 saturated carbocycles. The van der Waals surface area contributed by atoms with Gasteiger partial charge in [0.2, 0.25) is 0 Å². The summed E-state index contributed by atoms with van der Waals surface area (Å²) in [7, 11) is 0. The molecule has 1 unspecified atom stereocenters. The number of hydrogen-bond donors (Lipinski definition) is 2. The average Bonchev–Trinajstić information content (AvgIpc) is 3.33. The molecule has 4 aromatic rings. The highest BCUT2D eigenvalue weighted by Crippen LogP contribution is 2.42. The fraction of sp³-hybridized carbons (Fsp3) is 0.333. The number of fused-ring (bicyclic) bond motifs is 6. The molecule has 7 rings (SSSR count). The first-order valence-corrected chi connectivity index (χ1v) is 9.49. The van der Waals surface area contributed by atoms with Crippen molar-refractivity contribution >= 4 is 46.8 Å². The highest BCUT2D eigenvalue weighted by atomic mass is 35.5. The zero-order valence-electron chi connectivity index (χ0n) is 15.4. The molecule has 2 N–H and O–H groups in total. The highest BCUT2D eigenvalue weighted by Gasteiger charge is 2.36. The van der Waals surface area contributed by atoms with Crippen molar-refractivity contribution in [3.05, 3.63) is 48.4 Å². The van der Waals surface area contributed by atoms with Crippen LogP contribution in [0.3, 0.4) is 0 Å². The zero-order valence-corrected chi connectivity index (χ0v) is 17.0. The molecule has 5 nitrogen and oxygen atoms in total. The summed E-state index contributed by atoms with van der Waals surface area (Å²) in [5, 5.41) is 1.30. The van der Waals surface area contributed by atoms with Crippen molar-refractivity contribution < 1.29 is 0 Å². The number of aromatic amines is 2. The van der Waals surface area contributed by atoms with E-state index in [2.05, 4.69) is 38.2 Å². The molecule has 1 aromatic carbocycles. The van der Waals surface area contributed by atoms with Crippen LogP contribution in [0.15, 0.2) is 42.9 Å². The Balaban J connectivity index is 0.000000961. The third kappa shape index (κ3) is 2.89. The van der Waals surface area contributed by atoms with Crippen LogP contribution in [0.5, 0.6) is 0 Å². The van der Waals surface area contributed by atoms with Gasteiger partial charge < -0.3 is 14.9 Å². The Labute approximate surface area is 175 Å². The van der Waals surface area contributed by atoms with E-state index in [1.807, 2.05) is 18.3 Å². The van der Waals surface area contributed by atoms with Gasteiger partial charge in [-0.2, -0.15) is 0 Å². The van der Waals surface area contributed by atoms with Crippen LogP contribution in [-0.4, -0.2) is 44.5 Å². The van der Waals surface area contributed by atoms with E-state index in [9.17, 15) is 0 Å². The molecule has 0 amide bonds. The number of pyridine rings is 1. The van der Waals surface area contributed by atoms with E-state index in [0.717, 1.165) is 28.3 Å². The lowest BCUT2D eigenvalue weighted by molar-refractivity contribution is 0.0877. The van der Waals surface area contributed by atoms with Gasteiger partial charge in [-0.1, -0.05) is 0 Å².